The molecule has 0 saturated heterocycles. The molecule has 0 spiro atoms. The third-order valence-electron chi connectivity index (χ3n) is 2.80. The van der Waals surface area contributed by atoms with Gasteiger partial charge in [0.25, 0.3) is 13.4 Å². The number of hydrogen-bond donors (Lipinski definition) is 0. The molecule has 0 rings (SSSR count). The Hall–Kier alpha value is 1.33. The second-order valence-corrected chi connectivity index (χ2v) is 19.4. The van der Waals surface area contributed by atoms with Crippen LogP contribution in [-0.2, 0) is 0 Å². The maximum Gasteiger partial charge on any atom is 0.273 e. The van der Waals surface area contributed by atoms with Gasteiger partial charge in [-0.25, -0.2) is 0 Å². The fourth-order valence-electron chi connectivity index (χ4n) is 1.61. The molecule has 0 bridgehead atoms. The van der Waals surface area contributed by atoms with E-state index in [4.69, 9.17) is 44.3 Å². The lowest BCUT2D eigenvalue weighted by Gasteiger charge is -2.15. The molecule has 0 unspecified atom stereocenters. The zero-order valence-electron chi connectivity index (χ0n) is 11.3. The van der Waals surface area contributed by atoms with E-state index in [0.29, 0.717) is 0 Å². The summed E-state index contributed by atoms with van der Waals surface area (Å²) in [6.07, 6.45) is 7.51. The molecule has 0 N–H and O–H groups in total. The van der Waals surface area contributed by atoms with Crippen molar-refractivity contribution < 1.29 is 0 Å². The first-order chi connectivity index (χ1) is 8.33. The zero-order valence-corrected chi connectivity index (χ0v) is 16.3. The van der Waals surface area contributed by atoms with Gasteiger partial charge in [-0.15, -0.1) is 44.3 Å². The minimum Gasteiger partial charge on any atom is -0.146 e. The van der Waals surface area contributed by atoms with Crippen LogP contribution in [0.2, 0.25) is 18.1 Å². The van der Waals surface area contributed by atoms with Crippen molar-refractivity contribution in [3.05, 3.63) is 11.8 Å². The lowest BCUT2D eigenvalue weighted by atomic mass is 10.4. The van der Waals surface area contributed by atoms with Crippen LogP contribution in [0.5, 0.6) is 0 Å². The SMILES string of the molecule is CCCC[Si](Cl)(Cl)C=CCC[Si](Cl)(Cl)CCCC. The molecule has 0 fully saturated rings. The Kier molecular flexibility index (Phi) is 10.9. The van der Waals surface area contributed by atoms with Crippen molar-refractivity contribution in [2.45, 2.75) is 64.1 Å². The molecule has 0 aromatic carbocycles. The predicted molar refractivity (Wildman–Crippen MR) is 92.9 cm³/mol. The Balaban J connectivity index is 3.94. The standard InChI is InChI=1S/C12H24Cl4Si2/c1-3-5-9-17(13,14)11-7-8-12-18(15,16)10-6-4-2/h7,11H,3-6,8-10,12H2,1-2H3. The Labute approximate surface area is 133 Å². The Morgan fingerprint density at radius 1 is 0.833 bits per heavy atom. The van der Waals surface area contributed by atoms with Crippen molar-refractivity contribution in [3.8, 4) is 0 Å². The molecule has 0 aromatic heterocycles. The number of hydrogen-bond acceptors (Lipinski definition) is 0. The highest BCUT2D eigenvalue weighted by Crippen LogP contribution is 2.30. The van der Waals surface area contributed by atoms with Gasteiger partial charge in [0.05, 0.1) is 0 Å². The smallest absolute Gasteiger partial charge is 0.146 e. The van der Waals surface area contributed by atoms with Crippen molar-refractivity contribution >= 4 is 57.7 Å². The van der Waals surface area contributed by atoms with Gasteiger partial charge in [-0.05, 0) is 24.6 Å². The summed E-state index contributed by atoms with van der Waals surface area (Å²) < 4.78 is 0. The highest BCUT2D eigenvalue weighted by molar-refractivity contribution is 7.47. The van der Waals surface area contributed by atoms with Crippen LogP contribution >= 0.6 is 44.3 Å². The highest BCUT2D eigenvalue weighted by Gasteiger charge is 2.27. The first-order valence-electron chi connectivity index (χ1n) is 6.76. The van der Waals surface area contributed by atoms with Gasteiger partial charge in [-0.1, -0.05) is 51.3 Å². The van der Waals surface area contributed by atoms with Gasteiger partial charge < -0.3 is 0 Å². The summed E-state index contributed by atoms with van der Waals surface area (Å²) in [6.45, 7) is 0.133. The van der Waals surface area contributed by atoms with E-state index in [0.717, 1.165) is 50.2 Å². The fourth-order valence-corrected chi connectivity index (χ4v) is 7.61. The molecule has 108 valence electrons. The van der Waals surface area contributed by atoms with Crippen molar-refractivity contribution in [3.63, 3.8) is 0 Å². The molecular weight excluding hydrogens is 342 g/mol. The molecule has 0 saturated carbocycles. The van der Waals surface area contributed by atoms with Gasteiger partial charge in [0.2, 0.25) is 0 Å². The largest absolute Gasteiger partial charge is 0.273 e. The molecule has 0 radical (unpaired) electrons. The maximum atomic E-state index is 6.36. The Morgan fingerprint density at radius 2 is 1.39 bits per heavy atom. The number of unbranched alkanes of at least 4 members (excludes halogenated alkanes) is 2. The highest BCUT2D eigenvalue weighted by atomic mass is 35.7. The van der Waals surface area contributed by atoms with E-state index in [9.17, 15) is 0 Å². The van der Waals surface area contributed by atoms with Crippen molar-refractivity contribution in [2.75, 3.05) is 0 Å². The maximum absolute atomic E-state index is 6.36. The van der Waals surface area contributed by atoms with Crippen LogP contribution in [-0.4, -0.2) is 13.4 Å². The minimum absolute atomic E-state index is 0.901. The first kappa shape index (κ1) is 19.3. The molecule has 0 aliphatic rings. The van der Waals surface area contributed by atoms with E-state index < -0.39 is 13.4 Å². The molecule has 0 atom stereocenters. The summed E-state index contributed by atoms with van der Waals surface area (Å²) >= 11 is 25.4. The van der Waals surface area contributed by atoms with E-state index in [1.165, 1.54) is 0 Å². The molecule has 18 heavy (non-hydrogen) atoms. The van der Waals surface area contributed by atoms with Crippen LogP contribution in [0.3, 0.4) is 0 Å². The van der Waals surface area contributed by atoms with Gasteiger partial charge >= 0.3 is 0 Å². The lowest BCUT2D eigenvalue weighted by molar-refractivity contribution is 0.871. The first-order valence-corrected chi connectivity index (χ1v) is 15.5. The molecular formula is C12H24Cl4Si2. The molecule has 0 heterocycles. The van der Waals surface area contributed by atoms with Crippen molar-refractivity contribution in [1.82, 2.24) is 0 Å². The topological polar surface area (TPSA) is 0 Å². The van der Waals surface area contributed by atoms with Crippen molar-refractivity contribution in [2.24, 2.45) is 0 Å². The van der Waals surface area contributed by atoms with Crippen LogP contribution in [0.15, 0.2) is 11.8 Å². The van der Waals surface area contributed by atoms with Crippen molar-refractivity contribution in [1.29, 1.82) is 0 Å². The van der Waals surface area contributed by atoms with Crippen LogP contribution in [0.25, 0.3) is 0 Å². The summed E-state index contributed by atoms with van der Waals surface area (Å²) in [5, 5.41) is 0. The second-order valence-electron chi connectivity index (χ2n) is 4.77. The molecule has 0 aromatic rings. The molecule has 6 heteroatoms. The summed E-state index contributed by atoms with van der Waals surface area (Å²) in [5.74, 6) is 0. The quantitative estimate of drug-likeness (QED) is 0.291. The van der Waals surface area contributed by atoms with Crippen LogP contribution in [0.1, 0.15) is 46.0 Å². The molecule has 0 aliphatic heterocycles. The van der Waals surface area contributed by atoms with Gasteiger partial charge in [-0.2, -0.15) is 0 Å². The third kappa shape index (κ3) is 11.2. The summed E-state index contributed by atoms with van der Waals surface area (Å²) in [6, 6.07) is 2.82. The Morgan fingerprint density at radius 3 is 1.94 bits per heavy atom. The molecule has 0 aliphatic carbocycles. The van der Waals surface area contributed by atoms with Crippen LogP contribution < -0.4 is 0 Å². The Bertz CT molecular complexity index is 242. The number of rotatable bonds is 10. The predicted octanol–water partition coefficient (Wildman–Crippen LogP) is 6.91. The van der Waals surface area contributed by atoms with E-state index in [2.05, 4.69) is 19.9 Å². The van der Waals surface area contributed by atoms with Gasteiger partial charge in [0.15, 0.2) is 0 Å². The zero-order chi connectivity index (χ0) is 14.1. The van der Waals surface area contributed by atoms with Gasteiger partial charge in [0.1, 0.15) is 0 Å². The number of allylic oxidation sites excluding steroid dienone is 1. The molecule has 0 amide bonds. The van der Waals surface area contributed by atoms with E-state index in [-0.39, 0.29) is 0 Å². The third-order valence-corrected chi connectivity index (χ3v) is 10.8. The van der Waals surface area contributed by atoms with E-state index in [1.54, 1.807) is 0 Å². The summed E-state index contributed by atoms with van der Waals surface area (Å²) in [5.41, 5.74) is 2.02. The average molecular weight is 366 g/mol. The summed E-state index contributed by atoms with van der Waals surface area (Å²) in [4.78, 5) is 0. The lowest BCUT2D eigenvalue weighted by Crippen LogP contribution is -2.18. The monoisotopic (exact) mass is 364 g/mol. The van der Waals surface area contributed by atoms with E-state index in [1.807, 2.05) is 5.70 Å². The fraction of sp³-hybridized carbons (Fsp3) is 0.833. The number of halogens is 4. The van der Waals surface area contributed by atoms with Gasteiger partial charge in [-0.3, -0.25) is 0 Å². The van der Waals surface area contributed by atoms with E-state index >= 15 is 0 Å². The molecule has 0 nitrogen and oxygen atoms in total. The average Bonchev–Trinajstić information content (AvgIpc) is 2.30. The second kappa shape index (κ2) is 10.1. The van der Waals surface area contributed by atoms with Crippen LogP contribution in [0.4, 0.5) is 0 Å². The minimum atomic E-state index is -2.15. The summed E-state index contributed by atoms with van der Waals surface area (Å²) in [7, 11) is 0. The normalized spacial score (nSPS) is 13.4. The van der Waals surface area contributed by atoms with Crippen LogP contribution in [0, 0.1) is 0 Å². The van der Waals surface area contributed by atoms with Gasteiger partial charge in [0, 0.05) is 0 Å².